The van der Waals surface area contributed by atoms with Crippen molar-refractivity contribution in [1.29, 1.82) is 0 Å². The molecule has 10 heteroatoms. The number of hydrogen-bond donors (Lipinski definition) is 1. The molecule has 0 unspecified atom stereocenters. The molecule has 1 aromatic carbocycles. The number of aryl methyl sites for hydroxylation is 1. The van der Waals surface area contributed by atoms with Crippen molar-refractivity contribution >= 4 is 44.2 Å². The Labute approximate surface area is 144 Å². The second kappa shape index (κ2) is 6.88. The van der Waals surface area contributed by atoms with Crippen LogP contribution in [-0.4, -0.2) is 52.9 Å². The van der Waals surface area contributed by atoms with E-state index in [1.165, 1.54) is 0 Å². The lowest BCUT2D eigenvalue weighted by Gasteiger charge is -2.15. The van der Waals surface area contributed by atoms with E-state index in [4.69, 9.17) is 21.1 Å². The highest BCUT2D eigenvalue weighted by Crippen LogP contribution is 2.28. The SMILES string of the molecule is CCc1c(Cl)ccc2c1nc(N(C)C)c1nncn12.CS(=O)(=O)O. The highest BCUT2D eigenvalue weighted by Gasteiger charge is 2.15. The van der Waals surface area contributed by atoms with Crippen molar-refractivity contribution in [1.82, 2.24) is 19.6 Å². The highest BCUT2D eigenvalue weighted by molar-refractivity contribution is 7.85. The first-order chi connectivity index (χ1) is 11.1. The molecule has 0 saturated heterocycles. The van der Waals surface area contributed by atoms with Crippen LogP contribution in [0.15, 0.2) is 18.5 Å². The number of aromatic nitrogens is 4. The maximum atomic E-state index is 9.19. The molecule has 8 nitrogen and oxygen atoms in total. The Bertz CT molecular complexity index is 977. The molecule has 0 aliphatic carbocycles. The van der Waals surface area contributed by atoms with Crippen LogP contribution < -0.4 is 4.90 Å². The number of anilines is 1. The summed E-state index contributed by atoms with van der Waals surface area (Å²) in [6.07, 6.45) is 3.26. The van der Waals surface area contributed by atoms with Gasteiger partial charge in [0.25, 0.3) is 10.1 Å². The van der Waals surface area contributed by atoms with Crippen LogP contribution in [0.1, 0.15) is 12.5 Å². The lowest BCUT2D eigenvalue weighted by Crippen LogP contribution is -2.13. The first-order valence-electron chi connectivity index (χ1n) is 7.04. The van der Waals surface area contributed by atoms with Crippen molar-refractivity contribution in [3.63, 3.8) is 0 Å². The molecule has 0 spiro atoms. The molecule has 0 radical (unpaired) electrons. The first kappa shape index (κ1) is 18.4. The van der Waals surface area contributed by atoms with Crippen LogP contribution >= 0.6 is 11.6 Å². The van der Waals surface area contributed by atoms with Crippen molar-refractivity contribution in [3.8, 4) is 0 Å². The lowest BCUT2D eigenvalue weighted by molar-refractivity contribution is 0.490. The van der Waals surface area contributed by atoms with Gasteiger partial charge in [0.15, 0.2) is 5.82 Å². The lowest BCUT2D eigenvalue weighted by atomic mass is 10.1. The van der Waals surface area contributed by atoms with E-state index in [0.717, 1.165) is 39.5 Å². The van der Waals surface area contributed by atoms with Gasteiger partial charge < -0.3 is 4.90 Å². The summed E-state index contributed by atoms with van der Waals surface area (Å²) in [5.74, 6) is 0.793. The molecular weight excluding hydrogens is 354 g/mol. The van der Waals surface area contributed by atoms with E-state index < -0.39 is 10.1 Å². The molecule has 0 amide bonds. The first-order valence-corrected chi connectivity index (χ1v) is 9.26. The summed E-state index contributed by atoms with van der Waals surface area (Å²) in [5, 5.41) is 8.88. The summed E-state index contributed by atoms with van der Waals surface area (Å²) in [4.78, 5) is 6.66. The molecule has 0 bridgehead atoms. The van der Waals surface area contributed by atoms with Gasteiger partial charge in [-0.15, -0.1) is 10.2 Å². The minimum absolute atomic E-state index is 0.715. The summed E-state index contributed by atoms with van der Waals surface area (Å²) >= 11 is 6.27. The van der Waals surface area contributed by atoms with Gasteiger partial charge in [0, 0.05) is 19.1 Å². The summed E-state index contributed by atoms with van der Waals surface area (Å²) in [7, 11) is 0.220. The average Bonchev–Trinajstić information content (AvgIpc) is 2.93. The summed E-state index contributed by atoms with van der Waals surface area (Å²) in [6, 6.07) is 3.86. The van der Waals surface area contributed by atoms with Crippen molar-refractivity contribution in [2.75, 3.05) is 25.3 Å². The third-order valence-electron chi connectivity index (χ3n) is 3.21. The third kappa shape index (κ3) is 3.92. The van der Waals surface area contributed by atoms with Gasteiger partial charge in [-0.2, -0.15) is 8.42 Å². The van der Waals surface area contributed by atoms with E-state index in [1.807, 2.05) is 35.5 Å². The molecular formula is C14H18ClN5O3S. The van der Waals surface area contributed by atoms with Crippen LogP contribution in [0.25, 0.3) is 16.7 Å². The normalized spacial score (nSPS) is 11.4. The molecule has 0 atom stereocenters. The van der Waals surface area contributed by atoms with Crippen LogP contribution in [0.5, 0.6) is 0 Å². The number of hydrogen-bond acceptors (Lipinski definition) is 6. The Morgan fingerprint density at radius 1 is 1.33 bits per heavy atom. The van der Waals surface area contributed by atoms with Crippen molar-refractivity contribution < 1.29 is 13.0 Å². The van der Waals surface area contributed by atoms with Crippen LogP contribution in [0.2, 0.25) is 5.02 Å². The predicted octanol–water partition coefficient (Wildman–Crippen LogP) is 2.06. The third-order valence-corrected chi connectivity index (χ3v) is 3.56. The van der Waals surface area contributed by atoms with Gasteiger partial charge in [-0.1, -0.05) is 18.5 Å². The minimum Gasteiger partial charge on any atom is -0.360 e. The van der Waals surface area contributed by atoms with E-state index in [-0.39, 0.29) is 0 Å². The van der Waals surface area contributed by atoms with Crippen molar-refractivity contribution in [2.45, 2.75) is 13.3 Å². The Morgan fingerprint density at radius 2 is 1.96 bits per heavy atom. The van der Waals surface area contributed by atoms with Crippen molar-refractivity contribution in [3.05, 3.63) is 29.0 Å². The Balaban J connectivity index is 0.000000368. The molecule has 0 aliphatic heterocycles. The topological polar surface area (TPSA) is 101 Å². The minimum atomic E-state index is -3.67. The zero-order valence-electron chi connectivity index (χ0n) is 13.7. The van der Waals surface area contributed by atoms with Crippen LogP contribution in [0.4, 0.5) is 5.82 Å². The quantitative estimate of drug-likeness (QED) is 0.688. The molecule has 0 aliphatic rings. The smallest absolute Gasteiger partial charge is 0.261 e. The molecule has 130 valence electrons. The predicted molar refractivity (Wildman–Crippen MR) is 94.5 cm³/mol. The number of benzene rings is 1. The maximum Gasteiger partial charge on any atom is 0.261 e. The second-order valence-electron chi connectivity index (χ2n) is 5.33. The van der Waals surface area contributed by atoms with E-state index in [0.29, 0.717) is 6.26 Å². The van der Waals surface area contributed by atoms with Gasteiger partial charge in [0.1, 0.15) is 6.33 Å². The van der Waals surface area contributed by atoms with Gasteiger partial charge in [-0.05, 0) is 24.1 Å². The summed E-state index contributed by atoms with van der Waals surface area (Å²) in [6.45, 7) is 2.08. The average molecular weight is 372 g/mol. The standard InChI is InChI=1S/C13H14ClN5.CH4O3S/c1-4-8-9(14)5-6-10-11(8)16-12(18(2)3)13-17-15-7-19(10)13;1-5(2,3)4/h5-7H,4H2,1-3H3;1H3,(H,2,3,4). The van der Waals surface area contributed by atoms with E-state index >= 15 is 0 Å². The van der Waals surface area contributed by atoms with Gasteiger partial charge in [-0.3, -0.25) is 8.95 Å². The van der Waals surface area contributed by atoms with E-state index in [2.05, 4.69) is 17.1 Å². The molecule has 24 heavy (non-hydrogen) atoms. The van der Waals surface area contributed by atoms with Crippen LogP contribution in [-0.2, 0) is 16.5 Å². The number of halogens is 1. The van der Waals surface area contributed by atoms with Gasteiger partial charge >= 0.3 is 0 Å². The molecule has 2 aromatic heterocycles. The summed E-state index contributed by atoms with van der Waals surface area (Å²) < 4.78 is 27.8. The highest BCUT2D eigenvalue weighted by atomic mass is 35.5. The monoisotopic (exact) mass is 371 g/mol. The van der Waals surface area contributed by atoms with Crippen LogP contribution in [0, 0.1) is 0 Å². The molecule has 0 fully saturated rings. The largest absolute Gasteiger partial charge is 0.360 e. The van der Waals surface area contributed by atoms with Gasteiger partial charge in [-0.25, -0.2) is 4.98 Å². The number of fused-ring (bicyclic) bond motifs is 3. The zero-order valence-corrected chi connectivity index (χ0v) is 15.3. The second-order valence-corrected chi connectivity index (χ2v) is 7.21. The van der Waals surface area contributed by atoms with E-state index in [1.54, 1.807) is 6.33 Å². The van der Waals surface area contributed by atoms with E-state index in [9.17, 15) is 8.42 Å². The molecule has 3 rings (SSSR count). The number of nitrogens with zero attached hydrogens (tertiary/aromatic N) is 5. The summed E-state index contributed by atoms with van der Waals surface area (Å²) in [5.41, 5.74) is 3.69. The fourth-order valence-corrected chi connectivity index (χ4v) is 2.56. The van der Waals surface area contributed by atoms with Crippen LogP contribution in [0.3, 0.4) is 0 Å². The van der Waals surface area contributed by atoms with Crippen molar-refractivity contribution in [2.24, 2.45) is 0 Å². The molecule has 1 N–H and O–H groups in total. The molecule has 2 heterocycles. The molecule has 0 saturated carbocycles. The number of rotatable bonds is 2. The zero-order chi connectivity index (χ0) is 18.1. The fourth-order valence-electron chi connectivity index (χ4n) is 2.27. The Morgan fingerprint density at radius 3 is 2.50 bits per heavy atom. The van der Waals surface area contributed by atoms with Gasteiger partial charge in [0.2, 0.25) is 5.65 Å². The molecule has 3 aromatic rings. The fraction of sp³-hybridized carbons (Fsp3) is 0.357. The van der Waals surface area contributed by atoms with Gasteiger partial charge in [0.05, 0.1) is 17.3 Å². The Kier molecular flexibility index (Phi) is 5.26. The maximum absolute atomic E-state index is 9.19. The Hall–Kier alpha value is -1.97.